The molecule has 0 saturated carbocycles. The summed E-state index contributed by atoms with van der Waals surface area (Å²) >= 11 is 5.14. The Kier molecular flexibility index (Phi) is 2.36. The molecule has 4 N–H and O–H groups in total. The van der Waals surface area contributed by atoms with Crippen LogP contribution in [0.3, 0.4) is 0 Å². The largest absolute Gasteiger partial charge is 0.385 e. The standard InChI is InChI=1S/C9H12N4OS/c1-2-3-13-5-4-6(10)11-8(14)7(5)12-9(13)15/h4H,2-3H2,1H3,(H,12,15)(H3,10,11,14). The van der Waals surface area contributed by atoms with Gasteiger partial charge in [-0.3, -0.25) is 4.79 Å². The Balaban J connectivity index is 2.87. The molecule has 0 amide bonds. The molecule has 15 heavy (non-hydrogen) atoms. The molecule has 0 aromatic carbocycles. The van der Waals surface area contributed by atoms with Crippen LogP contribution in [-0.2, 0) is 6.54 Å². The van der Waals surface area contributed by atoms with Crippen molar-refractivity contribution >= 4 is 29.1 Å². The maximum absolute atomic E-state index is 11.5. The number of H-pyrrole nitrogens is 2. The second-order valence-electron chi connectivity index (χ2n) is 3.40. The molecule has 6 heteroatoms. The minimum absolute atomic E-state index is 0.231. The van der Waals surface area contributed by atoms with Crippen LogP contribution in [0.2, 0.25) is 0 Å². The van der Waals surface area contributed by atoms with Crippen LogP contribution in [0.5, 0.6) is 0 Å². The SMILES string of the molecule is CCCn1c(=S)[nH]c2c(=O)[nH]c(N)cc21. The van der Waals surface area contributed by atoms with Crippen molar-refractivity contribution in [1.82, 2.24) is 14.5 Å². The summed E-state index contributed by atoms with van der Waals surface area (Å²) in [5.41, 5.74) is 6.61. The van der Waals surface area contributed by atoms with Crippen LogP contribution >= 0.6 is 12.2 Å². The fourth-order valence-corrected chi connectivity index (χ4v) is 1.92. The zero-order valence-corrected chi connectivity index (χ0v) is 9.15. The number of rotatable bonds is 2. The van der Waals surface area contributed by atoms with Crippen molar-refractivity contribution in [3.63, 3.8) is 0 Å². The first kappa shape index (κ1) is 9.97. The van der Waals surface area contributed by atoms with Crippen molar-refractivity contribution in [3.05, 3.63) is 21.2 Å². The highest BCUT2D eigenvalue weighted by Gasteiger charge is 2.07. The van der Waals surface area contributed by atoms with Gasteiger partial charge in [0, 0.05) is 12.6 Å². The number of pyridine rings is 1. The van der Waals surface area contributed by atoms with Crippen molar-refractivity contribution in [2.75, 3.05) is 5.73 Å². The first-order valence-corrected chi connectivity index (χ1v) is 5.15. The van der Waals surface area contributed by atoms with E-state index in [2.05, 4.69) is 16.9 Å². The van der Waals surface area contributed by atoms with Crippen molar-refractivity contribution in [1.29, 1.82) is 0 Å². The molecular formula is C9H12N4OS. The number of nitrogens with two attached hydrogens (primary N) is 1. The smallest absolute Gasteiger partial charge is 0.275 e. The number of nitrogen functional groups attached to an aromatic ring is 1. The molecule has 0 aliphatic heterocycles. The molecule has 0 atom stereocenters. The fraction of sp³-hybridized carbons (Fsp3) is 0.333. The van der Waals surface area contributed by atoms with E-state index in [1.54, 1.807) is 6.07 Å². The monoisotopic (exact) mass is 224 g/mol. The summed E-state index contributed by atoms with van der Waals surface area (Å²) in [6.45, 7) is 2.83. The molecule has 5 nitrogen and oxygen atoms in total. The molecule has 0 fully saturated rings. The normalized spacial score (nSPS) is 11.0. The molecule has 0 unspecified atom stereocenters. The number of anilines is 1. The summed E-state index contributed by atoms with van der Waals surface area (Å²) in [6, 6.07) is 1.72. The van der Waals surface area contributed by atoms with Gasteiger partial charge in [0.25, 0.3) is 5.56 Å². The lowest BCUT2D eigenvalue weighted by Crippen LogP contribution is -2.09. The van der Waals surface area contributed by atoms with Gasteiger partial charge in [0.05, 0.1) is 5.52 Å². The van der Waals surface area contributed by atoms with Crippen LogP contribution in [0.25, 0.3) is 11.0 Å². The van der Waals surface area contributed by atoms with Gasteiger partial charge < -0.3 is 20.3 Å². The van der Waals surface area contributed by atoms with Crippen LogP contribution in [0.4, 0.5) is 5.82 Å². The summed E-state index contributed by atoms with van der Waals surface area (Å²) in [6.07, 6.45) is 0.952. The minimum atomic E-state index is -0.231. The maximum atomic E-state index is 11.5. The zero-order valence-electron chi connectivity index (χ0n) is 8.33. The van der Waals surface area contributed by atoms with Gasteiger partial charge in [-0.1, -0.05) is 6.92 Å². The second-order valence-corrected chi connectivity index (χ2v) is 3.78. The number of nitrogens with zero attached hydrogens (tertiary/aromatic N) is 1. The number of aromatic amines is 2. The third-order valence-electron chi connectivity index (χ3n) is 2.25. The average molecular weight is 224 g/mol. The van der Waals surface area contributed by atoms with E-state index in [1.165, 1.54) is 0 Å². The summed E-state index contributed by atoms with van der Waals surface area (Å²) in [4.78, 5) is 17.0. The van der Waals surface area contributed by atoms with Gasteiger partial charge >= 0.3 is 0 Å². The average Bonchev–Trinajstić information content (AvgIpc) is 2.46. The molecule has 2 heterocycles. The number of fused-ring (bicyclic) bond motifs is 1. The lowest BCUT2D eigenvalue weighted by Gasteiger charge is -2.01. The lowest BCUT2D eigenvalue weighted by atomic mass is 10.3. The number of aryl methyl sites for hydroxylation is 1. The van der Waals surface area contributed by atoms with Crippen molar-refractivity contribution < 1.29 is 0 Å². The van der Waals surface area contributed by atoms with Gasteiger partial charge in [0.2, 0.25) is 0 Å². The molecule has 2 aromatic heterocycles. The van der Waals surface area contributed by atoms with Gasteiger partial charge in [-0.15, -0.1) is 0 Å². The molecule has 0 saturated heterocycles. The highest BCUT2D eigenvalue weighted by Crippen LogP contribution is 2.12. The van der Waals surface area contributed by atoms with Crippen LogP contribution in [0.15, 0.2) is 10.9 Å². The maximum Gasteiger partial charge on any atom is 0.275 e. The Bertz CT molecular complexity index is 607. The van der Waals surface area contributed by atoms with E-state index in [0.29, 0.717) is 16.1 Å². The van der Waals surface area contributed by atoms with Gasteiger partial charge in [0.15, 0.2) is 4.77 Å². The van der Waals surface area contributed by atoms with E-state index in [9.17, 15) is 4.79 Å². The first-order valence-electron chi connectivity index (χ1n) is 4.74. The number of hydrogen-bond acceptors (Lipinski definition) is 3. The lowest BCUT2D eigenvalue weighted by molar-refractivity contribution is 0.688. The third kappa shape index (κ3) is 1.56. The van der Waals surface area contributed by atoms with Crippen LogP contribution in [0.1, 0.15) is 13.3 Å². The number of nitrogens with one attached hydrogen (secondary N) is 2. The van der Waals surface area contributed by atoms with Crippen molar-refractivity contribution in [3.8, 4) is 0 Å². The number of imidazole rings is 1. The summed E-state index contributed by atoms with van der Waals surface area (Å²) in [7, 11) is 0. The number of hydrogen-bond donors (Lipinski definition) is 3. The quantitative estimate of drug-likeness (QED) is 0.674. The Labute approximate surface area is 90.9 Å². The van der Waals surface area contributed by atoms with E-state index < -0.39 is 0 Å². The first-order chi connectivity index (χ1) is 7.13. The summed E-state index contributed by atoms with van der Waals surface area (Å²) in [5, 5.41) is 0. The summed E-state index contributed by atoms with van der Waals surface area (Å²) in [5.74, 6) is 0.353. The van der Waals surface area contributed by atoms with E-state index in [1.807, 2.05) is 4.57 Å². The predicted molar refractivity (Wildman–Crippen MR) is 62.4 cm³/mol. The van der Waals surface area contributed by atoms with Crippen LogP contribution < -0.4 is 11.3 Å². The highest BCUT2D eigenvalue weighted by atomic mass is 32.1. The van der Waals surface area contributed by atoms with Crippen molar-refractivity contribution in [2.45, 2.75) is 19.9 Å². The molecule has 2 rings (SSSR count). The Morgan fingerprint density at radius 3 is 2.93 bits per heavy atom. The number of aromatic nitrogens is 3. The molecular weight excluding hydrogens is 212 g/mol. The molecule has 0 aliphatic carbocycles. The highest BCUT2D eigenvalue weighted by molar-refractivity contribution is 7.71. The van der Waals surface area contributed by atoms with Gasteiger partial charge in [-0.05, 0) is 18.6 Å². The third-order valence-corrected chi connectivity index (χ3v) is 2.57. The Morgan fingerprint density at radius 1 is 1.53 bits per heavy atom. The van der Waals surface area contributed by atoms with E-state index >= 15 is 0 Å². The van der Waals surface area contributed by atoms with Gasteiger partial charge in [-0.25, -0.2) is 0 Å². The van der Waals surface area contributed by atoms with E-state index in [0.717, 1.165) is 18.5 Å². The zero-order chi connectivity index (χ0) is 11.0. The Hall–Kier alpha value is -1.56. The minimum Gasteiger partial charge on any atom is -0.385 e. The molecule has 0 spiro atoms. The molecule has 0 aliphatic rings. The van der Waals surface area contributed by atoms with Crippen LogP contribution in [-0.4, -0.2) is 14.5 Å². The molecule has 0 bridgehead atoms. The fourth-order valence-electron chi connectivity index (χ4n) is 1.63. The van der Waals surface area contributed by atoms with Crippen molar-refractivity contribution in [2.24, 2.45) is 0 Å². The topological polar surface area (TPSA) is 79.6 Å². The molecule has 0 radical (unpaired) electrons. The van der Waals surface area contributed by atoms with Gasteiger partial charge in [-0.2, -0.15) is 0 Å². The molecule has 80 valence electrons. The second kappa shape index (κ2) is 3.54. The van der Waals surface area contributed by atoms with E-state index in [-0.39, 0.29) is 5.56 Å². The van der Waals surface area contributed by atoms with Crippen LogP contribution in [0, 0.1) is 4.77 Å². The van der Waals surface area contributed by atoms with E-state index in [4.69, 9.17) is 18.0 Å². The molecule has 2 aromatic rings. The summed E-state index contributed by atoms with van der Waals surface area (Å²) < 4.78 is 2.44. The Morgan fingerprint density at radius 2 is 2.27 bits per heavy atom. The van der Waals surface area contributed by atoms with Gasteiger partial charge in [0.1, 0.15) is 11.3 Å². The predicted octanol–water partition coefficient (Wildman–Crippen LogP) is 1.38.